The molecule has 1 fully saturated rings. The fourth-order valence-electron chi connectivity index (χ4n) is 2.50. The van der Waals surface area contributed by atoms with E-state index in [-0.39, 0.29) is 5.78 Å². The van der Waals surface area contributed by atoms with E-state index in [2.05, 4.69) is 4.98 Å². The lowest BCUT2D eigenvalue weighted by atomic mass is 10.1. The minimum Gasteiger partial charge on any atom is -0.368 e. The van der Waals surface area contributed by atoms with Gasteiger partial charge in [-0.1, -0.05) is 12.1 Å². The minimum atomic E-state index is -0.527. The minimum absolute atomic E-state index is 0.244. The lowest BCUT2D eigenvalue weighted by Crippen LogP contribution is -2.42. The molecular formula is C14H15N3O2S. The summed E-state index contributed by atoms with van der Waals surface area (Å²) in [7, 11) is 0. The summed E-state index contributed by atoms with van der Waals surface area (Å²) >= 11 is 1.49. The summed E-state index contributed by atoms with van der Waals surface area (Å²) < 4.78 is 1.04. The second kappa shape index (κ2) is 5.30. The Balaban J connectivity index is 1.93. The highest BCUT2D eigenvalue weighted by atomic mass is 32.1. The number of piperidine rings is 1. The quantitative estimate of drug-likeness (QED) is 0.928. The number of nitrogens with zero attached hydrogens (tertiary/aromatic N) is 2. The lowest BCUT2D eigenvalue weighted by molar-refractivity contribution is -0.128. The Labute approximate surface area is 120 Å². The van der Waals surface area contributed by atoms with Crippen LogP contribution in [0.25, 0.3) is 10.2 Å². The molecule has 1 aliphatic rings. The van der Waals surface area contributed by atoms with Crippen LogP contribution in [0.2, 0.25) is 0 Å². The number of rotatable bonds is 3. The van der Waals surface area contributed by atoms with Gasteiger partial charge in [-0.05, 0) is 12.1 Å². The largest absolute Gasteiger partial charge is 0.368 e. The number of amides is 1. The fourth-order valence-corrected chi connectivity index (χ4v) is 3.61. The van der Waals surface area contributed by atoms with Gasteiger partial charge in [-0.15, -0.1) is 11.3 Å². The van der Waals surface area contributed by atoms with Crippen molar-refractivity contribution in [3.8, 4) is 0 Å². The Kier molecular flexibility index (Phi) is 3.50. The van der Waals surface area contributed by atoms with Gasteiger partial charge in [0, 0.05) is 25.9 Å². The van der Waals surface area contributed by atoms with Crippen LogP contribution in [0.4, 0.5) is 0 Å². The smallest absolute Gasteiger partial charge is 0.241 e. The average molecular weight is 289 g/mol. The second-order valence-electron chi connectivity index (χ2n) is 4.90. The summed E-state index contributed by atoms with van der Waals surface area (Å²) in [4.78, 5) is 29.6. The highest BCUT2D eigenvalue weighted by Crippen LogP contribution is 2.30. The van der Waals surface area contributed by atoms with Crippen molar-refractivity contribution < 1.29 is 9.59 Å². The van der Waals surface area contributed by atoms with Gasteiger partial charge < -0.3 is 5.73 Å². The van der Waals surface area contributed by atoms with E-state index in [0.29, 0.717) is 30.9 Å². The molecule has 1 amide bonds. The fraction of sp³-hybridized carbons (Fsp3) is 0.357. The van der Waals surface area contributed by atoms with E-state index in [1.54, 1.807) is 0 Å². The third-order valence-electron chi connectivity index (χ3n) is 3.53. The molecule has 3 rings (SSSR count). The monoisotopic (exact) mass is 289 g/mol. The number of hydrogen-bond donors (Lipinski definition) is 1. The van der Waals surface area contributed by atoms with Gasteiger partial charge in [-0.3, -0.25) is 14.5 Å². The Hall–Kier alpha value is -1.79. The third-order valence-corrected chi connectivity index (χ3v) is 4.62. The van der Waals surface area contributed by atoms with Crippen molar-refractivity contribution in [3.63, 3.8) is 0 Å². The molecule has 2 heterocycles. The number of thiazole rings is 1. The number of carbonyl (C=O) groups excluding carboxylic acids is 2. The number of likely N-dealkylation sites (tertiary alicyclic amines) is 1. The molecule has 6 heteroatoms. The molecule has 1 atom stereocenters. The molecule has 1 aromatic heterocycles. The van der Waals surface area contributed by atoms with Crippen LogP contribution in [0.3, 0.4) is 0 Å². The van der Waals surface area contributed by atoms with E-state index in [0.717, 1.165) is 10.2 Å². The molecule has 1 unspecified atom stereocenters. The molecule has 1 saturated heterocycles. The first-order valence-electron chi connectivity index (χ1n) is 6.55. The number of hydrogen-bond acceptors (Lipinski definition) is 5. The van der Waals surface area contributed by atoms with Crippen molar-refractivity contribution in [1.82, 2.24) is 9.88 Å². The first-order valence-corrected chi connectivity index (χ1v) is 7.37. The summed E-state index contributed by atoms with van der Waals surface area (Å²) in [6.07, 6.45) is 0.962. The van der Waals surface area contributed by atoms with Crippen molar-refractivity contribution in [2.75, 3.05) is 13.1 Å². The predicted molar refractivity (Wildman–Crippen MR) is 77.4 cm³/mol. The maximum absolute atomic E-state index is 11.8. The van der Waals surface area contributed by atoms with E-state index >= 15 is 0 Å². The number of carbonyl (C=O) groups is 2. The molecule has 1 aliphatic heterocycles. The number of Topliss-reactive ketones (excluding diaryl/α,β-unsaturated/α-hetero) is 1. The number of ketones is 1. The number of nitrogens with two attached hydrogens (primary N) is 1. The summed E-state index contributed by atoms with van der Waals surface area (Å²) in [6, 6.07) is 7.25. The molecule has 0 saturated carbocycles. The number of aromatic nitrogens is 1. The molecule has 20 heavy (non-hydrogen) atoms. The normalized spacial score (nSPS) is 18.3. The van der Waals surface area contributed by atoms with Gasteiger partial charge in [0.1, 0.15) is 16.8 Å². The first-order chi connectivity index (χ1) is 9.65. The van der Waals surface area contributed by atoms with Gasteiger partial charge in [0.05, 0.1) is 10.2 Å². The number of para-hydroxylation sites is 1. The van der Waals surface area contributed by atoms with Crippen LogP contribution in [0.15, 0.2) is 24.3 Å². The molecule has 0 aliphatic carbocycles. The average Bonchev–Trinajstić information content (AvgIpc) is 2.84. The van der Waals surface area contributed by atoms with Crippen LogP contribution in [0.1, 0.15) is 23.9 Å². The molecule has 104 valence electrons. The van der Waals surface area contributed by atoms with Crippen molar-refractivity contribution in [1.29, 1.82) is 0 Å². The van der Waals surface area contributed by atoms with E-state index < -0.39 is 11.9 Å². The molecular weight excluding hydrogens is 274 g/mol. The third kappa shape index (κ3) is 2.44. The molecule has 2 aromatic rings. The van der Waals surface area contributed by atoms with E-state index in [1.165, 1.54) is 11.3 Å². The van der Waals surface area contributed by atoms with Crippen LogP contribution < -0.4 is 5.73 Å². The van der Waals surface area contributed by atoms with E-state index in [4.69, 9.17) is 5.73 Å². The summed E-state index contributed by atoms with van der Waals surface area (Å²) in [6.45, 7) is 1.14. The van der Waals surface area contributed by atoms with Gasteiger partial charge in [0.2, 0.25) is 5.91 Å². The van der Waals surface area contributed by atoms with Crippen LogP contribution in [0, 0.1) is 0 Å². The Morgan fingerprint density at radius 1 is 1.30 bits per heavy atom. The van der Waals surface area contributed by atoms with E-state index in [9.17, 15) is 9.59 Å². The highest BCUT2D eigenvalue weighted by molar-refractivity contribution is 7.18. The van der Waals surface area contributed by atoms with Crippen LogP contribution >= 0.6 is 11.3 Å². The standard InChI is InChI=1S/C14H15N3O2S/c15-13(19)12(17-7-5-9(18)6-8-17)14-16-10-3-1-2-4-11(10)20-14/h1-4,12H,5-8H2,(H2,15,19). The zero-order valence-electron chi connectivity index (χ0n) is 10.9. The van der Waals surface area contributed by atoms with Crippen molar-refractivity contribution in [3.05, 3.63) is 29.3 Å². The lowest BCUT2D eigenvalue weighted by Gasteiger charge is -2.30. The zero-order chi connectivity index (χ0) is 14.1. The number of fused-ring (bicyclic) bond motifs is 1. The van der Waals surface area contributed by atoms with Gasteiger partial charge >= 0.3 is 0 Å². The molecule has 0 bridgehead atoms. The Bertz CT molecular complexity index is 624. The van der Waals surface area contributed by atoms with Gasteiger partial charge in [0.25, 0.3) is 0 Å². The molecule has 5 nitrogen and oxygen atoms in total. The predicted octanol–water partition coefficient (Wildman–Crippen LogP) is 1.49. The van der Waals surface area contributed by atoms with Crippen LogP contribution in [-0.4, -0.2) is 34.7 Å². The van der Waals surface area contributed by atoms with Crippen LogP contribution in [-0.2, 0) is 9.59 Å². The maximum Gasteiger partial charge on any atom is 0.241 e. The molecule has 1 aromatic carbocycles. The van der Waals surface area contributed by atoms with E-state index in [1.807, 2.05) is 29.2 Å². The zero-order valence-corrected chi connectivity index (χ0v) is 11.7. The van der Waals surface area contributed by atoms with Gasteiger partial charge in [0.15, 0.2) is 0 Å². The summed E-state index contributed by atoms with van der Waals surface area (Å²) in [5, 5.41) is 0.716. The number of benzene rings is 1. The molecule has 0 radical (unpaired) electrons. The Morgan fingerprint density at radius 2 is 2.00 bits per heavy atom. The first kappa shape index (κ1) is 13.2. The van der Waals surface area contributed by atoms with Gasteiger partial charge in [-0.2, -0.15) is 0 Å². The molecule has 0 spiro atoms. The van der Waals surface area contributed by atoms with Crippen molar-refractivity contribution in [2.45, 2.75) is 18.9 Å². The molecule has 2 N–H and O–H groups in total. The topological polar surface area (TPSA) is 76.3 Å². The maximum atomic E-state index is 11.8. The highest BCUT2D eigenvalue weighted by Gasteiger charge is 2.31. The SMILES string of the molecule is NC(=O)C(c1nc2ccccc2s1)N1CCC(=O)CC1. The summed E-state index contributed by atoms with van der Waals surface area (Å²) in [5.74, 6) is -0.160. The van der Waals surface area contributed by atoms with Gasteiger partial charge in [-0.25, -0.2) is 4.98 Å². The van der Waals surface area contributed by atoms with Crippen molar-refractivity contribution in [2.24, 2.45) is 5.73 Å². The number of primary amides is 1. The summed E-state index contributed by atoms with van der Waals surface area (Å²) in [5.41, 5.74) is 6.44. The van der Waals surface area contributed by atoms with Crippen molar-refractivity contribution >= 4 is 33.2 Å². The second-order valence-corrected chi connectivity index (χ2v) is 5.96. The Morgan fingerprint density at radius 3 is 2.65 bits per heavy atom. The van der Waals surface area contributed by atoms with Crippen LogP contribution in [0.5, 0.6) is 0 Å².